The lowest BCUT2D eigenvalue weighted by molar-refractivity contribution is 0.313. The number of aromatic nitrogens is 1. The Bertz CT molecular complexity index is 1070. The summed E-state index contributed by atoms with van der Waals surface area (Å²) in [5.74, 6) is 1.93. The van der Waals surface area contributed by atoms with Gasteiger partial charge in [-0.1, -0.05) is 47.5 Å². The molecular weight excluding hydrogens is 433 g/mol. The summed E-state index contributed by atoms with van der Waals surface area (Å²) >= 11 is 12.2. The summed E-state index contributed by atoms with van der Waals surface area (Å²) in [7, 11) is 0. The monoisotopic (exact) mass is 455 g/mol. The Balaban J connectivity index is 1.75. The largest absolute Gasteiger partial charge is 0.493 e. The molecule has 2 heterocycles. The van der Waals surface area contributed by atoms with Crippen LogP contribution in [0.1, 0.15) is 42.6 Å². The highest BCUT2D eigenvalue weighted by Crippen LogP contribution is 2.39. The summed E-state index contributed by atoms with van der Waals surface area (Å²) in [6, 6.07) is 17.2. The van der Waals surface area contributed by atoms with E-state index in [1.165, 1.54) is 0 Å². The molecular formula is C24H23Cl2N3O2. The first-order chi connectivity index (χ1) is 15.1. The van der Waals surface area contributed by atoms with Gasteiger partial charge in [0.2, 0.25) is 5.88 Å². The van der Waals surface area contributed by atoms with Crippen molar-refractivity contribution in [2.24, 2.45) is 4.99 Å². The number of halogens is 2. The number of aliphatic imine (C=N–C) groups is 1. The van der Waals surface area contributed by atoms with Crippen LogP contribution in [0, 0.1) is 0 Å². The molecule has 0 fully saturated rings. The lowest BCUT2D eigenvalue weighted by atomic mass is 9.95. The van der Waals surface area contributed by atoms with Crippen LogP contribution in [0.15, 0.2) is 65.8 Å². The number of hydrogen-bond donors (Lipinski definition) is 1. The number of ether oxygens (including phenoxy) is 2. The van der Waals surface area contributed by atoms with E-state index in [1.54, 1.807) is 12.3 Å². The summed E-state index contributed by atoms with van der Waals surface area (Å²) in [6.07, 6.45) is 1.74. The topological polar surface area (TPSA) is 55.7 Å². The van der Waals surface area contributed by atoms with Crippen molar-refractivity contribution in [1.82, 2.24) is 10.3 Å². The molecule has 5 nitrogen and oxygen atoms in total. The van der Waals surface area contributed by atoms with Gasteiger partial charge >= 0.3 is 0 Å². The second kappa shape index (κ2) is 9.58. The molecule has 0 saturated carbocycles. The molecule has 2 aromatic carbocycles. The fourth-order valence-corrected chi connectivity index (χ4v) is 3.84. The van der Waals surface area contributed by atoms with E-state index < -0.39 is 0 Å². The van der Waals surface area contributed by atoms with Crippen molar-refractivity contribution in [2.45, 2.75) is 25.9 Å². The summed E-state index contributed by atoms with van der Waals surface area (Å²) < 4.78 is 11.4. The predicted molar refractivity (Wildman–Crippen MR) is 125 cm³/mol. The first-order valence-electron chi connectivity index (χ1n) is 10.2. The van der Waals surface area contributed by atoms with Crippen molar-refractivity contribution >= 4 is 29.0 Å². The third-order valence-electron chi connectivity index (χ3n) is 5.00. The van der Waals surface area contributed by atoms with Crippen LogP contribution in [0.4, 0.5) is 0 Å². The van der Waals surface area contributed by atoms with Crippen LogP contribution in [0.3, 0.4) is 0 Å². The Morgan fingerprint density at radius 2 is 1.48 bits per heavy atom. The number of rotatable bonds is 7. The van der Waals surface area contributed by atoms with Crippen molar-refractivity contribution in [3.05, 3.63) is 87.5 Å². The van der Waals surface area contributed by atoms with Crippen molar-refractivity contribution in [1.29, 1.82) is 0 Å². The fourth-order valence-electron chi connectivity index (χ4n) is 3.59. The number of nitrogens with zero attached hydrogens (tertiary/aromatic N) is 2. The van der Waals surface area contributed by atoms with Gasteiger partial charge in [-0.25, -0.2) is 4.98 Å². The molecule has 0 bridgehead atoms. The molecule has 4 rings (SSSR count). The van der Waals surface area contributed by atoms with Gasteiger partial charge in [0, 0.05) is 22.3 Å². The molecule has 160 valence electrons. The Hall–Kier alpha value is -2.76. The molecule has 2 atom stereocenters. The summed E-state index contributed by atoms with van der Waals surface area (Å²) in [4.78, 5) is 9.44. The quantitative estimate of drug-likeness (QED) is 0.473. The molecule has 1 aromatic heterocycles. The summed E-state index contributed by atoms with van der Waals surface area (Å²) in [5, 5.41) is 4.96. The third kappa shape index (κ3) is 4.78. The van der Waals surface area contributed by atoms with E-state index in [4.69, 9.17) is 37.7 Å². The molecule has 2 unspecified atom stereocenters. The number of hydrogen-bond acceptors (Lipinski definition) is 5. The SMILES string of the molecule is CCOc1cc(OCC)c(C2=NC(c3ccc(Cl)cc3)C(c3ccc(Cl)cc3)N2)cn1. The van der Waals surface area contributed by atoms with Crippen LogP contribution >= 0.6 is 23.2 Å². The van der Waals surface area contributed by atoms with Gasteiger partial charge in [0.15, 0.2) is 0 Å². The minimum Gasteiger partial charge on any atom is -0.493 e. The predicted octanol–water partition coefficient (Wildman–Crippen LogP) is 6.02. The number of amidine groups is 1. The molecule has 1 aliphatic rings. The van der Waals surface area contributed by atoms with Gasteiger partial charge in [-0.15, -0.1) is 0 Å². The van der Waals surface area contributed by atoms with E-state index in [1.807, 2.05) is 62.4 Å². The summed E-state index contributed by atoms with van der Waals surface area (Å²) in [5.41, 5.74) is 2.93. The number of nitrogens with one attached hydrogen (secondary N) is 1. The van der Waals surface area contributed by atoms with Gasteiger partial charge in [0.05, 0.1) is 24.8 Å². The van der Waals surface area contributed by atoms with Crippen molar-refractivity contribution in [3.63, 3.8) is 0 Å². The maximum Gasteiger partial charge on any atom is 0.216 e. The fraction of sp³-hybridized carbons (Fsp3) is 0.250. The van der Waals surface area contributed by atoms with Gasteiger partial charge in [0.1, 0.15) is 17.6 Å². The van der Waals surface area contributed by atoms with Crippen molar-refractivity contribution in [2.75, 3.05) is 13.2 Å². The Morgan fingerprint density at radius 1 is 0.871 bits per heavy atom. The highest BCUT2D eigenvalue weighted by atomic mass is 35.5. The lowest BCUT2D eigenvalue weighted by Gasteiger charge is -2.20. The standard InChI is InChI=1S/C24H23Cl2N3O2/c1-3-30-20-13-21(31-4-2)27-14-19(20)24-28-22(15-5-9-17(25)10-6-15)23(29-24)16-7-11-18(26)12-8-16/h5-14,22-23H,3-4H2,1-2H3,(H,28,29). The van der Waals surface area contributed by atoms with Crippen LogP contribution in [-0.4, -0.2) is 24.0 Å². The molecule has 3 aromatic rings. The Kier molecular flexibility index (Phi) is 6.64. The first kappa shape index (κ1) is 21.5. The molecule has 0 aliphatic carbocycles. The van der Waals surface area contributed by atoms with E-state index in [2.05, 4.69) is 10.3 Å². The van der Waals surface area contributed by atoms with Crippen LogP contribution in [0.25, 0.3) is 0 Å². The first-order valence-corrected chi connectivity index (χ1v) is 11.0. The van der Waals surface area contributed by atoms with Gasteiger partial charge in [-0.05, 0) is 49.2 Å². The van der Waals surface area contributed by atoms with Crippen LogP contribution in [0.5, 0.6) is 11.6 Å². The van der Waals surface area contributed by atoms with E-state index in [0.717, 1.165) is 22.5 Å². The highest BCUT2D eigenvalue weighted by molar-refractivity contribution is 6.30. The van der Waals surface area contributed by atoms with Crippen LogP contribution in [-0.2, 0) is 0 Å². The maximum atomic E-state index is 6.11. The highest BCUT2D eigenvalue weighted by Gasteiger charge is 2.33. The van der Waals surface area contributed by atoms with Crippen molar-refractivity contribution in [3.8, 4) is 11.6 Å². The van der Waals surface area contributed by atoms with Crippen LogP contribution < -0.4 is 14.8 Å². The van der Waals surface area contributed by atoms with E-state index in [-0.39, 0.29) is 12.1 Å². The average molecular weight is 456 g/mol. The molecule has 0 amide bonds. The molecule has 1 aliphatic heterocycles. The maximum absolute atomic E-state index is 6.11. The zero-order chi connectivity index (χ0) is 21.8. The van der Waals surface area contributed by atoms with Gasteiger partial charge in [-0.2, -0.15) is 0 Å². The minimum atomic E-state index is -0.144. The lowest BCUT2D eigenvalue weighted by Crippen LogP contribution is -2.25. The molecule has 7 heteroatoms. The third-order valence-corrected chi connectivity index (χ3v) is 5.51. The molecule has 31 heavy (non-hydrogen) atoms. The minimum absolute atomic E-state index is 0.0745. The molecule has 1 N–H and O–H groups in total. The number of benzene rings is 2. The van der Waals surface area contributed by atoms with Gasteiger partial charge in [-0.3, -0.25) is 4.99 Å². The van der Waals surface area contributed by atoms with E-state index >= 15 is 0 Å². The van der Waals surface area contributed by atoms with Gasteiger partial charge < -0.3 is 14.8 Å². The second-order valence-corrected chi connectivity index (χ2v) is 7.91. The Labute approximate surface area is 192 Å². The molecule has 0 saturated heterocycles. The second-order valence-electron chi connectivity index (χ2n) is 7.03. The van der Waals surface area contributed by atoms with E-state index in [0.29, 0.717) is 34.9 Å². The average Bonchev–Trinajstić information content (AvgIpc) is 3.21. The molecule has 0 spiro atoms. The summed E-state index contributed by atoms with van der Waals surface area (Å²) in [6.45, 7) is 4.93. The number of pyridine rings is 1. The normalized spacial score (nSPS) is 17.7. The zero-order valence-corrected chi connectivity index (χ0v) is 18.8. The smallest absolute Gasteiger partial charge is 0.216 e. The van der Waals surface area contributed by atoms with E-state index in [9.17, 15) is 0 Å². The molecule has 0 radical (unpaired) electrons. The Morgan fingerprint density at radius 3 is 2.10 bits per heavy atom. The van der Waals surface area contributed by atoms with Crippen LogP contribution in [0.2, 0.25) is 10.0 Å². The zero-order valence-electron chi connectivity index (χ0n) is 17.3. The van der Waals surface area contributed by atoms with Crippen molar-refractivity contribution < 1.29 is 9.47 Å². The van der Waals surface area contributed by atoms with Gasteiger partial charge in [0.25, 0.3) is 0 Å².